The highest BCUT2D eigenvalue weighted by Gasteiger charge is 2.21. The summed E-state index contributed by atoms with van der Waals surface area (Å²) in [5, 5.41) is 0.283. The average Bonchev–Trinajstić information content (AvgIpc) is 2.17. The van der Waals surface area contributed by atoms with Gasteiger partial charge in [0.05, 0.1) is 0 Å². The van der Waals surface area contributed by atoms with Gasteiger partial charge in [-0.2, -0.15) is 0 Å². The summed E-state index contributed by atoms with van der Waals surface area (Å²) in [5.74, 6) is 0.278. The van der Waals surface area contributed by atoms with E-state index in [1.54, 1.807) is 7.05 Å². The van der Waals surface area contributed by atoms with Gasteiger partial charge in [-0.15, -0.1) is 0 Å². The maximum atomic E-state index is 12.0. The molecule has 1 rings (SSSR count). The topological polar surface area (TPSA) is 50.3 Å². The minimum absolute atomic E-state index is 0.167. The molecule has 0 amide bonds. The second kappa shape index (κ2) is 5.12. The van der Waals surface area contributed by atoms with Crippen molar-refractivity contribution in [3.8, 4) is 0 Å². The first-order valence-electron chi connectivity index (χ1n) is 4.92. The van der Waals surface area contributed by atoms with E-state index in [1.165, 1.54) is 22.6 Å². The maximum absolute atomic E-state index is 12.0. The molecule has 1 heterocycles. The van der Waals surface area contributed by atoms with Crippen LogP contribution in [0.15, 0.2) is 23.2 Å². The van der Waals surface area contributed by atoms with Crippen molar-refractivity contribution in [1.29, 1.82) is 0 Å². The van der Waals surface area contributed by atoms with Crippen LogP contribution in [-0.4, -0.2) is 31.3 Å². The number of rotatable bonds is 4. The number of hydrogen-bond donors (Lipinski definition) is 0. The zero-order valence-electron chi connectivity index (χ0n) is 9.51. The van der Waals surface area contributed by atoms with E-state index in [1.807, 2.05) is 13.8 Å². The lowest BCUT2D eigenvalue weighted by atomic mass is 10.2. The molecule has 0 radical (unpaired) electrons. The Morgan fingerprint density at radius 1 is 1.44 bits per heavy atom. The zero-order chi connectivity index (χ0) is 12.3. The summed E-state index contributed by atoms with van der Waals surface area (Å²) in [6.45, 7) is 4.41. The third kappa shape index (κ3) is 3.17. The predicted molar refractivity (Wildman–Crippen MR) is 63.9 cm³/mol. The van der Waals surface area contributed by atoms with Gasteiger partial charge in [-0.1, -0.05) is 25.4 Å². The Labute approximate surface area is 101 Å². The molecule has 90 valence electrons. The lowest BCUT2D eigenvalue weighted by molar-refractivity contribution is 0.417. The number of aromatic nitrogens is 1. The van der Waals surface area contributed by atoms with Gasteiger partial charge in [-0.05, 0) is 18.1 Å². The van der Waals surface area contributed by atoms with E-state index in [0.29, 0.717) is 6.54 Å². The largest absolute Gasteiger partial charge is 0.244 e. The normalized spacial score (nSPS) is 12.4. The van der Waals surface area contributed by atoms with Crippen molar-refractivity contribution < 1.29 is 8.42 Å². The summed E-state index contributed by atoms with van der Waals surface area (Å²) in [6.07, 6.45) is 1.27. The molecule has 0 saturated carbocycles. The molecule has 0 atom stereocenters. The fourth-order valence-electron chi connectivity index (χ4n) is 1.31. The van der Waals surface area contributed by atoms with Gasteiger partial charge < -0.3 is 0 Å². The fraction of sp³-hybridized carbons (Fsp3) is 0.500. The van der Waals surface area contributed by atoms with Gasteiger partial charge in [-0.25, -0.2) is 17.7 Å². The lowest BCUT2D eigenvalue weighted by Crippen LogP contribution is -2.30. The van der Waals surface area contributed by atoms with Crippen LogP contribution >= 0.6 is 11.6 Å². The third-order valence-corrected chi connectivity index (χ3v) is 4.06. The first-order valence-corrected chi connectivity index (χ1v) is 6.73. The molecule has 1 aromatic rings. The predicted octanol–water partition coefficient (Wildman–Crippen LogP) is 2.01. The van der Waals surface area contributed by atoms with Crippen molar-refractivity contribution in [2.24, 2.45) is 5.92 Å². The first kappa shape index (κ1) is 13.4. The van der Waals surface area contributed by atoms with Gasteiger partial charge in [0.2, 0.25) is 10.0 Å². The van der Waals surface area contributed by atoms with Crippen LogP contribution in [0.2, 0.25) is 5.15 Å². The highest BCUT2D eigenvalue weighted by Crippen LogP contribution is 2.16. The van der Waals surface area contributed by atoms with Crippen LogP contribution in [0.5, 0.6) is 0 Å². The molecule has 6 heteroatoms. The van der Waals surface area contributed by atoms with Gasteiger partial charge >= 0.3 is 0 Å². The molecule has 1 aromatic heterocycles. The summed E-state index contributed by atoms with van der Waals surface area (Å²) >= 11 is 5.61. The van der Waals surface area contributed by atoms with E-state index in [-0.39, 0.29) is 16.0 Å². The van der Waals surface area contributed by atoms with E-state index in [2.05, 4.69) is 4.98 Å². The molecule has 4 nitrogen and oxygen atoms in total. The molecule has 0 unspecified atom stereocenters. The fourth-order valence-corrected chi connectivity index (χ4v) is 2.70. The number of sulfonamides is 1. The van der Waals surface area contributed by atoms with E-state index in [9.17, 15) is 8.42 Å². The van der Waals surface area contributed by atoms with Crippen molar-refractivity contribution in [2.75, 3.05) is 13.6 Å². The molecular formula is C10H15ClN2O2S. The van der Waals surface area contributed by atoms with Crippen LogP contribution in [0.4, 0.5) is 0 Å². The number of hydrogen-bond acceptors (Lipinski definition) is 3. The highest BCUT2D eigenvalue weighted by atomic mass is 35.5. The smallest absolute Gasteiger partial charge is 0.243 e. The molecule has 0 N–H and O–H groups in total. The monoisotopic (exact) mass is 262 g/mol. The summed E-state index contributed by atoms with van der Waals surface area (Å²) in [4.78, 5) is 3.93. The summed E-state index contributed by atoms with van der Waals surface area (Å²) in [5.41, 5.74) is 0. The molecule has 0 aromatic carbocycles. The maximum Gasteiger partial charge on any atom is 0.244 e. The van der Waals surface area contributed by atoms with E-state index >= 15 is 0 Å². The molecule has 16 heavy (non-hydrogen) atoms. The summed E-state index contributed by atoms with van der Waals surface area (Å²) < 4.78 is 25.4. The van der Waals surface area contributed by atoms with Crippen LogP contribution in [0.3, 0.4) is 0 Å². The summed E-state index contributed by atoms with van der Waals surface area (Å²) in [6, 6.07) is 2.93. The molecule has 0 bridgehead atoms. The standard InChI is InChI=1S/C10H15ClN2O2S/c1-8(2)7-13(3)16(14,15)9-4-5-10(11)12-6-9/h4-6,8H,7H2,1-3H3. The van der Waals surface area contributed by atoms with Crippen molar-refractivity contribution >= 4 is 21.6 Å². The average molecular weight is 263 g/mol. The number of nitrogens with zero attached hydrogens (tertiary/aromatic N) is 2. The molecule has 0 aliphatic heterocycles. The van der Waals surface area contributed by atoms with Gasteiger partial charge in [0, 0.05) is 19.8 Å². The van der Waals surface area contributed by atoms with Crippen LogP contribution in [0.1, 0.15) is 13.8 Å². The van der Waals surface area contributed by atoms with Gasteiger partial charge in [0.1, 0.15) is 10.0 Å². The summed E-state index contributed by atoms with van der Waals surface area (Å²) in [7, 11) is -1.88. The highest BCUT2D eigenvalue weighted by molar-refractivity contribution is 7.89. The minimum atomic E-state index is -3.44. The van der Waals surface area contributed by atoms with Crippen LogP contribution < -0.4 is 0 Å². The van der Waals surface area contributed by atoms with Crippen molar-refractivity contribution in [2.45, 2.75) is 18.7 Å². The quantitative estimate of drug-likeness (QED) is 0.780. The van der Waals surface area contributed by atoms with Gasteiger partial charge in [0.15, 0.2) is 0 Å². The molecule has 0 saturated heterocycles. The Morgan fingerprint density at radius 2 is 2.06 bits per heavy atom. The second-order valence-corrected chi connectivity index (χ2v) is 6.43. The Morgan fingerprint density at radius 3 is 2.50 bits per heavy atom. The minimum Gasteiger partial charge on any atom is -0.243 e. The molecule has 0 aliphatic rings. The van der Waals surface area contributed by atoms with Gasteiger partial charge in [0.25, 0.3) is 0 Å². The molecule has 0 fully saturated rings. The van der Waals surface area contributed by atoms with E-state index < -0.39 is 10.0 Å². The Hall–Kier alpha value is -0.650. The third-order valence-electron chi connectivity index (χ3n) is 2.03. The van der Waals surface area contributed by atoms with Crippen LogP contribution in [0, 0.1) is 5.92 Å². The molecule has 0 spiro atoms. The van der Waals surface area contributed by atoms with Crippen LogP contribution in [-0.2, 0) is 10.0 Å². The van der Waals surface area contributed by atoms with E-state index in [4.69, 9.17) is 11.6 Å². The van der Waals surface area contributed by atoms with Crippen molar-refractivity contribution in [1.82, 2.24) is 9.29 Å². The molecular weight excluding hydrogens is 248 g/mol. The Bertz CT molecular complexity index is 442. The second-order valence-electron chi connectivity index (χ2n) is 4.00. The first-order chi connectivity index (χ1) is 7.34. The molecule has 0 aliphatic carbocycles. The Balaban J connectivity index is 2.97. The van der Waals surface area contributed by atoms with Crippen molar-refractivity contribution in [3.63, 3.8) is 0 Å². The van der Waals surface area contributed by atoms with Crippen molar-refractivity contribution in [3.05, 3.63) is 23.5 Å². The van der Waals surface area contributed by atoms with Crippen LogP contribution in [0.25, 0.3) is 0 Å². The SMILES string of the molecule is CC(C)CN(C)S(=O)(=O)c1ccc(Cl)nc1. The van der Waals surface area contributed by atoms with E-state index in [0.717, 1.165) is 0 Å². The number of pyridine rings is 1. The number of halogens is 1. The zero-order valence-corrected chi connectivity index (χ0v) is 11.1. The van der Waals surface area contributed by atoms with Gasteiger partial charge in [-0.3, -0.25) is 0 Å². The Kier molecular flexibility index (Phi) is 4.29. The lowest BCUT2D eigenvalue weighted by Gasteiger charge is -2.18.